The van der Waals surface area contributed by atoms with Crippen molar-refractivity contribution in [3.8, 4) is 56.2 Å². The van der Waals surface area contributed by atoms with Gasteiger partial charge in [0, 0.05) is 33.0 Å². The van der Waals surface area contributed by atoms with E-state index in [9.17, 15) is 0 Å². The molecule has 0 saturated heterocycles. The van der Waals surface area contributed by atoms with Crippen molar-refractivity contribution in [1.82, 2.24) is 15.0 Å². The van der Waals surface area contributed by atoms with E-state index in [0.29, 0.717) is 11.5 Å². The number of benzene rings is 6. The highest BCUT2D eigenvalue weighted by atomic mass is 16.3. The molecule has 6 aromatic carbocycles. The third kappa shape index (κ3) is 4.75. The van der Waals surface area contributed by atoms with Crippen molar-refractivity contribution in [2.24, 2.45) is 0 Å². The van der Waals surface area contributed by atoms with Crippen molar-refractivity contribution in [2.75, 3.05) is 0 Å². The summed E-state index contributed by atoms with van der Waals surface area (Å²) in [6.45, 7) is 0. The van der Waals surface area contributed by atoms with Gasteiger partial charge in [0.1, 0.15) is 5.58 Å². The molecule has 0 fully saturated rings. The Balaban J connectivity index is 1.32. The molecule has 0 saturated carbocycles. The summed E-state index contributed by atoms with van der Waals surface area (Å²) in [5.74, 6) is 0.656. The molecule has 0 aliphatic heterocycles. The molecule has 9 aromatic rings. The van der Waals surface area contributed by atoms with Crippen LogP contribution in [0.3, 0.4) is 0 Å². The Morgan fingerprint density at radius 3 is 1.81 bits per heavy atom. The maximum atomic E-state index is 6.33. The van der Waals surface area contributed by atoms with Gasteiger partial charge in [-0.05, 0) is 41.0 Å². The molecule has 9 rings (SSSR count). The molecule has 0 aliphatic carbocycles. The summed E-state index contributed by atoms with van der Waals surface area (Å²) in [6, 6.07) is 56.2. The second kappa shape index (κ2) is 11.2. The average Bonchev–Trinajstić information content (AvgIpc) is 3.52. The number of aromatic nitrogens is 3. The lowest BCUT2D eigenvalue weighted by Crippen LogP contribution is -1.98. The van der Waals surface area contributed by atoms with Gasteiger partial charge in [-0.3, -0.25) is 0 Å². The van der Waals surface area contributed by atoms with Gasteiger partial charge in [-0.25, -0.2) is 15.0 Å². The van der Waals surface area contributed by atoms with E-state index in [1.54, 1.807) is 0 Å². The van der Waals surface area contributed by atoms with Crippen LogP contribution in [0.25, 0.3) is 89.1 Å². The Labute approximate surface area is 271 Å². The van der Waals surface area contributed by atoms with E-state index < -0.39 is 0 Å². The predicted molar refractivity (Wildman–Crippen MR) is 192 cm³/mol. The van der Waals surface area contributed by atoms with Gasteiger partial charge in [0.05, 0.1) is 22.3 Å². The summed E-state index contributed by atoms with van der Waals surface area (Å²) in [7, 11) is 0. The fourth-order valence-electron chi connectivity index (χ4n) is 6.52. The molecule has 0 unspecified atom stereocenters. The SMILES string of the molecule is c1ccc(-c2cccc(-c3cc(-c4ccccc4)nc(-c4ccccc4-c4c5ccccc5nc5oc6ccccc6c45)n3)c2)cc1. The molecule has 0 radical (unpaired) electrons. The van der Waals surface area contributed by atoms with Gasteiger partial charge in [-0.15, -0.1) is 0 Å². The van der Waals surface area contributed by atoms with Crippen molar-refractivity contribution in [2.45, 2.75) is 0 Å². The molecule has 220 valence electrons. The van der Waals surface area contributed by atoms with Crippen LogP contribution in [0.15, 0.2) is 168 Å². The molecule has 0 atom stereocenters. The second-order valence-electron chi connectivity index (χ2n) is 11.6. The lowest BCUT2D eigenvalue weighted by molar-refractivity contribution is 0.656. The summed E-state index contributed by atoms with van der Waals surface area (Å²) < 4.78 is 6.33. The predicted octanol–water partition coefficient (Wildman–Crippen LogP) is 11.3. The van der Waals surface area contributed by atoms with Gasteiger partial charge < -0.3 is 4.42 Å². The van der Waals surface area contributed by atoms with E-state index in [2.05, 4.69) is 109 Å². The minimum absolute atomic E-state index is 0.618. The van der Waals surface area contributed by atoms with E-state index >= 15 is 0 Å². The van der Waals surface area contributed by atoms with Crippen molar-refractivity contribution in [1.29, 1.82) is 0 Å². The van der Waals surface area contributed by atoms with Crippen LogP contribution in [0.2, 0.25) is 0 Å². The normalized spacial score (nSPS) is 11.4. The zero-order valence-corrected chi connectivity index (χ0v) is 25.3. The van der Waals surface area contributed by atoms with Crippen molar-refractivity contribution < 1.29 is 4.42 Å². The van der Waals surface area contributed by atoms with Gasteiger partial charge in [0.25, 0.3) is 0 Å². The fourth-order valence-corrected chi connectivity index (χ4v) is 6.52. The molecule has 0 spiro atoms. The molecule has 47 heavy (non-hydrogen) atoms. The molecule has 0 amide bonds. The molecular weight excluding hydrogens is 574 g/mol. The molecular formula is C43H27N3O. The number of fused-ring (bicyclic) bond motifs is 4. The van der Waals surface area contributed by atoms with Crippen LogP contribution in [0, 0.1) is 0 Å². The lowest BCUT2D eigenvalue weighted by atomic mass is 9.92. The van der Waals surface area contributed by atoms with E-state index in [1.807, 2.05) is 54.6 Å². The van der Waals surface area contributed by atoms with Gasteiger partial charge in [0.2, 0.25) is 5.71 Å². The molecule has 3 aromatic heterocycles. The van der Waals surface area contributed by atoms with Crippen LogP contribution >= 0.6 is 0 Å². The maximum absolute atomic E-state index is 6.33. The van der Waals surface area contributed by atoms with Crippen molar-refractivity contribution in [3.63, 3.8) is 0 Å². The third-order valence-electron chi connectivity index (χ3n) is 8.72. The van der Waals surface area contributed by atoms with Crippen LogP contribution in [0.4, 0.5) is 0 Å². The quantitative estimate of drug-likeness (QED) is 0.197. The number of rotatable bonds is 5. The van der Waals surface area contributed by atoms with Gasteiger partial charge in [-0.2, -0.15) is 0 Å². The van der Waals surface area contributed by atoms with Gasteiger partial charge in [0.15, 0.2) is 5.82 Å². The van der Waals surface area contributed by atoms with Crippen LogP contribution in [0.5, 0.6) is 0 Å². The largest absolute Gasteiger partial charge is 0.438 e. The number of hydrogen-bond acceptors (Lipinski definition) is 4. The zero-order chi connectivity index (χ0) is 31.2. The van der Waals surface area contributed by atoms with Crippen LogP contribution < -0.4 is 0 Å². The van der Waals surface area contributed by atoms with Crippen LogP contribution in [-0.2, 0) is 0 Å². The minimum Gasteiger partial charge on any atom is -0.438 e. The summed E-state index contributed by atoms with van der Waals surface area (Å²) in [6.07, 6.45) is 0. The number of nitrogens with zero attached hydrogens (tertiary/aromatic N) is 3. The lowest BCUT2D eigenvalue weighted by Gasteiger charge is -2.15. The summed E-state index contributed by atoms with van der Waals surface area (Å²) in [4.78, 5) is 15.5. The molecule has 4 heteroatoms. The summed E-state index contributed by atoms with van der Waals surface area (Å²) in [5, 5.41) is 3.07. The second-order valence-corrected chi connectivity index (χ2v) is 11.6. The molecule has 0 aliphatic rings. The number of para-hydroxylation sites is 2. The molecule has 3 heterocycles. The van der Waals surface area contributed by atoms with E-state index in [-0.39, 0.29) is 0 Å². The first-order chi connectivity index (χ1) is 23.3. The first kappa shape index (κ1) is 27.0. The van der Waals surface area contributed by atoms with Gasteiger partial charge >= 0.3 is 0 Å². The maximum Gasteiger partial charge on any atom is 0.228 e. The van der Waals surface area contributed by atoms with Crippen molar-refractivity contribution >= 4 is 33.0 Å². The number of pyridine rings is 1. The monoisotopic (exact) mass is 601 g/mol. The first-order valence-corrected chi connectivity index (χ1v) is 15.7. The summed E-state index contributed by atoms with van der Waals surface area (Å²) in [5.41, 5.74) is 11.4. The van der Waals surface area contributed by atoms with Gasteiger partial charge in [-0.1, -0.05) is 140 Å². The highest BCUT2D eigenvalue weighted by Crippen LogP contribution is 2.43. The standard InChI is InChI=1S/C43H27N3O/c1-3-14-28(15-4-1)30-18-13-19-31(26-30)38-27-37(29-16-5-2-6-17-29)44-42(45-38)33-21-8-7-20-32(33)40-34-22-9-11-24-36(34)46-43-41(40)35-23-10-12-25-39(35)47-43/h1-27H. The Morgan fingerprint density at radius 2 is 1.00 bits per heavy atom. The smallest absolute Gasteiger partial charge is 0.228 e. The molecule has 4 nitrogen and oxygen atoms in total. The fraction of sp³-hybridized carbons (Fsp3) is 0. The van der Waals surface area contributed by atoms with Crippen molar-refractivity contribution in [3.05, 3.63) is 164 Å². The average molecular weight is 602 g/mol. The Hall–Kier alpha value is -6.39. The molecule has 0 bridgehead atoms. The zero-order valence-electron chi connectivity index (χ0n) is 25.3. The number of furan rings is 1. The highest BCUT2D eigenvalue weighted by Gasteiger charge is 2.21. The topological polar surface area (TPSA) is 51.8 Å². The third-order valence-corrected chi connectivity index (χ3v) is 8.72. The van der Waals surface area contributed by atoms with Crippen LogP contribution in [-0.4, -0.2) is 15.0 Å². The first-order valence-electron chi connectivity index (χ1n) is 15.7. The number of hydrogen-bond donors (Lipinski definition) is 0. The minimum atomic E-state index is 0.618. The highest BCUT2D eigenvalue weighted by molar-refractivity contribution is 6.19. The Kier molecular flexibility index (Phi) is 6.43. The summed E-state index contributed by atoms with van der Waals surface area (Å²) >= 11 is 0. The van der Waals surface area contributed by atoms with E-state index in [0.717, 1.165) is 77.6 Å². The molecule has 0 N–H and O–H groups in total. The van der Waals surface area contributed by atoms with Crippen LogP contribution in [0.1, 0.15) is 0 Å². The Bertz CT molecular complexity index is 2570. The van der Waals surface area contributed by atoms with E-state index in [1.165, 1.54) is 0 Å². The van der Waals surface area contributed by atoms with E-state index in [4.69, 9.17) is 19.4 Å². The Morgan fingerprint density at radius 1 is 0.404 bits per heavy atom.